The zero-order valence-electron chi connectivity index (χ0n) is 13.7. The molecule has 0 atom stereocenters. The fourth-order valence-electron chi connectivity index (χ4n) is 2.11. The largest absolute Gasteiger partial charge is 0.497 e. The van der Waals surface area contributed by atoms with Crippen LogP contribution < -0.4 is 14.8 Å². The van der Waals surface area contributed by atoms with Gasteiger partial charge in [-0.1, -0.05) is 6.07 Å². The van der Waals surface area contributed by atoms with Crippen LogP contribution in [0.2, 0.25) is 0 Å². The number of carbonyl (C=O) groups excluding carboxylic acids is 1. The molecule has 0 bridgehead atoms. The standard InChI is InChI=1S/C17H16N4O4/c1-23-12-7-11(8-13(9-12)24-2)16(22)19-10-15-20-21-17(25-15)14-5-3-4-6-18-14/h3-9H,10H2,1-2H3,(H,19,22). The summed E-state index contributed by atoms with van der Waals surface area (Å²) in [7, 11) is 3.04. The minimum atomic E-state index is -0.310. The van der Waals surface area contributed by atoms with Crippen LogP contribution in [0.4, 0.5) is 0 Å². The maximum Gasteiger partial charge on any atom is 0.266 e. The van der Waals surface area contributed by atoms with Gasteiger partial charge in [-0.15, -0.1) is 10.2 Å². The van der Waals surface area contributed by atoms with Crippen molar-refractivity contribution in [2.24, 2.45) is 0 Å². The number of pyridine rings is 1. The Kier molecular flexibility index (Phi) is 4.89. The Morgan fingerprint density at radius 1 is 1.12 bits per heavy atom. The molecule has 8 heteroatoms. The molecule has 0 saturated heterocycles. The number of nitrogens with zero attached hydrogens (tertiary/aromatic N) is 3. The van der Waals surface area contributed by atoms with Crippen LogP contribution in [0.1, 0.15) is 16.2 Å². The van der Waals surface area contributed by atoms with Crippen LogP contribution in [-0.4, -0.2) is 35.3 Å². The maximum atomic E-state index is 12.3. The molecule has 0 aliphatic carbocycles. The first-order valence-electron chi connectivity index (χ1n) is 7.44. The molecule has 0 radical (unpaired) electrons. The van der Waals surface area contributed by atoms with Crippen LogP contribution in [0.5, 0.6) is 11.5 Å². The summed E-state index contributed by atoms with van der Waals surface area (Å²) in [6, 6.07) is 10.3. The molecule has 0 saturated carbocycles. The topological polar surface area (TPSA) is 99.4 Å². The number of rotatable bonds is 6. The molecule has 3 rings (SSSR count). The molecule has 1 amide bonds. The molecule has 3 aromatic rings. The van der Waals surface area contributed by atoms with Crippen LogP contribution in [0, 0.1) is 0 Å². The van der Waals surface area contributed by atoms with Crippen molar-refractivity contribution in [1.82, 2.24) is 20.5 Å². The SMILES string of the molecule is COc1cc(OC)cc(C(=O)NCc2nnc(-c3ccccn3)o2)c1. The molecule has 0 aliphatic heterocycles. The summed E-state index contributed by atoms with van der Waals surface area (Å²) in [5.74, 6) is 1.33. The predicted octanol–water partition coefficient (Wildman–Crippen LogP) is 2.08. The molecule has 0 aliphatic rings. The van der Waals surface area contributed by atoms with Crippen molar-refractivity contribution < 1.29 is 18.7 Å². The van der Waals surface area contributed by atoms with Crippen LogP contribution in [-0.2, 0) is 6.54 Å². The Morgan fingerprint density at radius 2 is 1.88 bits per heavy atom. The van der Waals surface area contributed by atoms with Crippen LogP contribution >= 0.6 is 0 Å². The van der Waals surface area contributed by atoms with E-state index in [-0.39, 0.29) is 18.3 Å². The molecule has 0 fully saturated rings. The number of hydrogen-bond acceptors (Lipinski definition) is 7. The number of hydrogen-bond donors (Lipinski definition) is 1. The van der Waals surface area contributed by atoms with E-state index >= 15 is 0 Å². The zero-order chi connectivity index (χ0) is 17.6. The lowest BCUT2D eigenvalue weighted by Gasteiger charge is -2.08. The third-order valence-corrected chi connectivity index (χ3v) is 3.36. The molecular formula is C17H16N4O4. The second kappa shape index (κ2) is 7.43. The van der Waals surface area contributed by atoms with Crippen molar-refractivity contribution in [3.05, 3.63) is 54.0 Å². The van der Waals surface area contributed by atoms with Gasteiger partial charge in [-0.05, 0) is 24.3 Å². The van der Waals surface area contributed by atoms with Gasteiger partial charge in [0.15, 0.2) is 0 Å². The molecule has 1 N–H and O–H groups in total. The average molecular weight is 340 g/mol. The van der Waals surface area contributed by atoms with Crippen molar-refractivity contribution >= 4 is 5.91 Å². The van der Waals surface area contributed by atoms with Crippen LogP contribution in [0.3, 0.4) is 0 Å². The third kappa shape index (κ3) is 3.92. The highest BCUT2D eigenvalue weighted by Gasteiger charge is 2.13. The van der Waals surface area contributed by atoms with E-state index in [0.29, 0.717) is 28.6 Å². The quantitative estimate of drug-likeness (QED) is 0.733. The summed E-state index contributed by atoms with van der Waals surface area (Å²) in [6.07, 6.45) is 1.64. The highest BCUT2D eigenvalue weighted by atomic mass is 16.5. The summed E-state index contributed by atoms with van der Waals surface area (Å²) in [5.41, 5.74) is 0.978. The Balaban J connectivity index is 1.68. The van der Waals surface area contributed by atoms with Gasteiger partial charge in [-0.2, -0.15) is 0 Å². The molecule has 1 aromatic carbocycles. The van der Waals surface area contributed by atoms with Crippen LogP contribution in [0.25, 0.3) is 11.6 Å². The molecule has 25 heavy (non-hydrogen) atoms. The lowest BCUT2D eigenvalue weighted by atomic mass is 10.2. The molecular weight excluding hydrogens is 324 g/mol. The van der Waals surface area contributed by atoms with Crippen molar-refractivity contribution in [2.75, 3.05) is 14.2 Å². The first-order valence-corrected chi connectivity index (χ1v) is 7.44. The number of nitrogens with one attached hydrogen (secondary N) is 1. The molecule has 0 spiro atoms. The Bertz CT molecular complexity index is 842. The zero-order valence-corrected chi connectivity index (χ0v) is 13.7. The monoisotopic (exact) mass is 340 g/mol. The van der Waals surface area contributed by atoms with Gasteiger partial charge in [0.2, 0.25) is 5.89 Å². The van der Waals surface area contributed by atoms with E-state index in [2.05, 4.69) is 20.5 Å². The maximum absolute atomic E-state index is 12.3. The van der Waals surface area contributed by atoms with Crippen LogP contribution in [0.15, 0.2) is 47.0 Å². The predicted molar refractivity (Wildman–Crippen MR) is 88.2 cm³/mol. The summed E-state index contributed by atoms with van der Waals surface area (Å²) in [6.45, 7) is 0.0954. The van der Waals surface area contributed by atoms with Crippen molar-refractivity contribution in [3.63, 3.8) is 0 Å². The highest BCUT2D eigenvalue weighted by Crippen LogP contribution is 2.22. The molecule has 8 nitrogen and oxygen atoms in total. The Morgan fingerprint density at radius 3 is 2.52 bits per heavy atom. The summed E-state index contributed by atoms with van der Waals surface area (Å²) < 4.78 is 15.8. The number of benzene rings is 1. The molecule has 0 unspecified atom stereocenters. The van der Waals surface area contributed by atoms with Gasteiger partial charge in [0.05, 0.1) is 20.8 Å². The first kappa shape index (κ1) is 16.4. The van der Waals surface area contributed by atoms with Gasteiger partial charge in [0.25, 0.3) is 11.8 Å². The van der Waals surface area contributed by atoms with E-state index in [1.807, 2.05) is 6.07 Å². The lowest BCUT2D eigenvalue weighted by molar-refractivity contribution is 0.0946. The van der Waals surface area contributed by atoms with Gasteiger partial charge in [-0.25, -0.2) is 0 Å². The first-order chi connectivity index (χ1) is 12.2. The van der Waals surface area contributed by atoms with E-state index in [4.69, 9.17) is 13.9 Å². The molecule has 128 valence electrons. The fraction of sp³-hybridized carbons (Fsp3) is 0.176. The Hall–Kier alpha value is -3.42. The van der Waals surface area contributed by atoms with Gasteiger partial charge in [0, 0.05) is 17.8 Å². The normalized spacial score (nSPS) is 10.3. The minimum absolute atomic E-state index is 0.0954. The summed E-state index contributed by atoms with van der Waals surface area (Å²) in [5, 5.41) is 10.5. The van der Waals surface area contributed by atoms with E-state index in [1.54, 1.807) is 36.5 Å². The number of carbonyl (C=O) groups is 1. The fourth-order valence-corrected chi connectivity index (χ4v) is 2.11. The summed E-state index contributed by atoms with van der Waals surface area (Å²) >= 11 is 0. The van der Waals surface area contributed by atoms with E-state index in [0.717, 1.165) is 0 Å². The number of aromatic nitrogens is 3. The van der Waals surface area contributed by atoms with E-state index in [9.17, 15) is 4.79 Å². The Labute approximate surface area is 143 Å². The third-order valence-electron chi connectivity index (χ3n) is 3.36. The number of ether oxygens (including phenoxy) is 2. The van der Waals surface area contributed by atoms with E-state index < -0.39 is 0 Å². The minimum Gasteiger partial charge on any atom is -0.497 e. The van der Waals surface area contributed by atoms with Crippen molar-refractivity contribution in [1.29, 1.82) is 0 Å². The van der Waals surface area contributed by atoms with Crippen molar-refractivity contribution in [2.45, 2.75) is 6.54 Å². The molecule has 2 heterocycles. The lowest BCUT2D eigenvalue weighted by Crippen LogP contribution is -2.23. The number of amides is 1. The number of methoxy groups -OCH3 is 2. The highest BCUT2D eigenvalue weighted by molar-refractivity contribution is 5.95. The second-order valence-electron chi connectivity index (χ2n) is 5.00. The summed E-state index contributed by atoms with van der Waals surface area (Å²) in [4.78, 5) is 16.4. The van der Waals surface area contributed by atoms with Gasteiger partial charge in [-0.3, -0.25) is 9.78 Å². The molecule has 2 aromatic heterocycles. The second-order valence-corrected chi connectivity index (χ2v) is 5.00. The average Bonchev–Trinajstić information content (AvgIpc) is 3.15. The van der Waals surface area contributed by atoms with Gasteiger partial charge >= 0.3 is 0 Å². The van der Waals surface area contributed by atoms with E-state index in [1.165, 1.54) is 14.2 Å². The van der Waals surface area contributed by atoms with Crippen molar-refractivity contribution in [3.8, 4) is 23.1 Å². The van der Waals surface area contributed by atoms with Gasteiger partial charge in [0.1, 0.15) is 17.2 Å². The smallest absolute Gasteiger partial charge is 0.266 e. The van der Waals surface area contributed by atoms with Gasteiger partial charge < -0.3 is 19.2 Å².